The largest absolute Gasteiger partial charge is 0.331 e. The molecule has 0 bridgehead atoms. The molecule has 102 valence electrons. The van der Waals surface area contributed by atoms with Crippen molar-refractivity contribution in [2.24, 2.45) is 0 Å². The Labute approximate surface area is 113 Å². The van der Waals surface area contributed by atoms with E-state index in [1.54, 1.807) is 4.90 Å². The van der Waals surface area contributed by atoms with Crippen LogP contribution in [0.4, 0.5) is 5.69 Å². The van der Waals surface area contributed by atoms with Gasteiger partial charge in [0.05, 0.1) is 13.1 Å². The Bertz CT molecular complexity index is 479. The van der Waals surface area contributed by atoms with Gasteiger partial charge in [-0.05, 0) is 25.0 Å². The first kappa shape index (κ1) is 13.5. The Morgan fingerprint density at radius 2 is 2.05 bits per heavy atom. The number of anilines is 1. The molecule has 0 aliphatic carbocycles. The summed E-state index contributed by atoms with van der Waals surface area (Å²) in [6.45, 7) is 5.67. The number of aryl methyl sites for hydroxylation is 2. The van der Waals surface area contributed by atoms with E-state index in [2.05, 4.69) is 10.6 Å². The molecule has 5 heteroatoms. The number of piperazine rings is 1. The third-order valence-electron chi connectivity index (χ3n) is 3.27. The van der Waals surface area contributed by atoms with Gasteiger partial charge in [0.15, 0.2) is 0 Å². The normalized spacial score (nSPS) is 15.5. The second-order valence-corrected chi connectivity index (χ2v) is 4.81. The van der Waals surface area contributed by atoms with Crippen LogP contribution in [-0.4, -0.2) is 42.9 Å². The van der Waals surface area contributed by atoms with Crippen LogP contribution >= 0.6 is 0 Å². The van der Waals surface area contributed by atoms with Crippen molar-refractivity contribution in [1.82, 2.24) is 10.2 Å². The molecule has 5 nitrogen and oxygen atoms in total. The van der Waals surface area contributed by atoms with Crippen molar-refractivity contribution in [3.8, 4) is 0 Å². The van der Waals surface area contributed by atoms with Gasteiger partial charge in [0, 0.05) is 18.8 Å². The van der Waals surface area contributed by atoms with E-state index in [1.165, 1.54) is 0 Å². The van der Waals surface area contributed by atoms with Gasteiger partial charge in [0.1, 0.15) is 0 Å². The quantitative estimate of drug-likeness (QED) is 0.841. The van der Waals surface area contributed by atoms with Gasteiger partial charge in [0.25, 0.3) is 0 Å². The van der Waals surface area contributed by atoms with Gasteiger partial charge in [-0.3, -0.25) is 9.59 Å². The van der Waals surface area contributed by atoms with Crippen LogP contribution in [-0.2, 0) is 9.59 Å². The smallest absolute Gasteiger partial charge is 0.244 e. The SMILES string of the molecule is Cc1cccc(C)c1NC(=O)CN1CCNCC1=O. The summed E-state index contributed by atoms with van der Waals surface area (Å²) in [5, 5.41) is 5.88. The number of carbonyl (C=O) groups excluding carboxylic acids is 2. The van der Waals surface area contributed by atoms with Crippen molar-refractivity contribution in [3.05, 3.63) is 29.3 Å². The molecule has 0 saturated carbocycles. The minimum atomic E-state index is -0.146. The summed E-state index contributed by atoms with van der Waals surface area (Å²) in [6.07, 6.45) is 0. The summed E-state index contributed by atoms with van der Waals surface area (Å²) in [5.41, 5.74) is 2.90. The van der Waals surface area contributed by atoms with Crippen LogP contribution in [0.2, 0.25) is 0 Å². The van der Waals surface area contributed by atoms with E-state index in [1.807, 2.05) is 32.0 Å². The molecule has 1 aliphatic rings. The van der Waals surface area contributed by atoms with E-state index in [0.717, 1.165) is 23.4 Å². The lowest BCUT2D eigenvalue weighted by Crippen LogP contribution is -2.50. The van der Waals surface area contributed by atoms with E-state index in [0.29, 0.717) is 13.1 Å². The predicted molar refractivity (Wildman–Crippen MR) is 74.0 cm³/mol. The number of nitrogens with one attached hydrogen (secondary N) is 2. The van der Waals surface area contributed by atoms with Crippen molar-refractivity contribution >= 4 is 17.5 Å². The van der Waals surface area contributed by atoms with Crippen LogP contribution in [0, 0.1) is 13.8 Å². The number of carbonyl (C=O) groups is 2. The van der Waals surface area contributed by atoms with Crippen molar-refractivity contribution in [1.29, 1.82) is 0 Å². The Morgan fingerprint density at radius 3 is 2.68 bits per heavy atom. The molecule has 0 atom stereocenters. The maximum absolute atomic E-state index is 12.0. The summed E-state index contributed by atoms with van der Waals surface area (Å²) in [6, 6.07) is 5.87. The van der Waals surface area contributed by atoms with E-state index in [4.69, 9.17) is 0 Å². The maximum atomic E-state index is 12.0. The minimum absolute atomic E-state index is 0.0251. The fourth-order valence-electron chi connectivity index (χ4n) is 2.18. The Morgan fingerprint density at radius 1 is 1.37 bits per heavy atom. The molecule has 2 N–H and O–H groups in total. The van der Waals surface area contributed by atoms with Gasteiger partial charge in [-0.15, -0.1) is 0 Å². The highest BCUT2D eigenvalue weighted by Gasteiger charge is 2.20. The summed E-state index contributed by atoms with van der Waals surface area (Å²) in [7, 11) is 0. The topological polar surface area (TPSA) is 61.4 Å². The van der Waals surface area contributed by atoms with Crippen molar-refractivity contribution in [3.63, 3.8) is 0 Å². The number of amides is 2. The molecule has 0 aromatic heterocycles. The molecule has 2 amide bonds. The van der Waals surface area contributed by atoms with Gasteiger partial charge in [-0.1, -0.05) is 18.2 Å². The van der Waals surface area contributed by atoms with E-state index in [9.17, 15) is 9.59 Å². The van der Waals surface area contributed by atoms with Gasteiger partial charge < -0.3 is 15.5 Å². The second kappa shape index (κ2) is 5.84. The molecule has 19 heavy (non-hydrogen) atoms. The van der Waals surface area contributed by atoms with Crippen LogP contribution in [0.3, 0.4) is 0 Å². The monoisotopic (exact) mass is 261 g/mol. The standard InChI is InChI=1S/C14H19N3O2/c1-10-4-3-5-11(2)14(10)16-12(18)9-17-7-6-15-8-13(17)19/h3-5,15H,6-9H2,1-2H3,(H,16,18). The molecule has 1 aliphatic heterocycles. The second-order valence-electron chi connectivity index (χ2n) is 4.81. The van der Waals surface area contributed by atoms with Gasteiger partial charge >= 0.3 is 0 Å². The number of benzene rings is 1. The minimum Gasteiger partial charge on any atom is -0.331 e. The summed E-state index contributed by atoms with van der Waals surface area (Å²) in [4.78, 5) is 25.2. The van der Waals surface area contributed by atoms with Crippen LogP contribution in [0.25, 0.3) is 0 Å². The first-order valence-corrected chi connectivity index (χ1v) is 6.42. The zero-order chi connectivity index (χ0) is 13.8. The van der Waals surface area contributed by atoms with Crippen molar-refractivity contribution in [2.75, 3.05) is 31.5 Å². The van der Waals surface area contributed by atoms with E-state index >= 15 is 0 Å². The molecule has 2 rings (SSSR count). The number of hydrogen-bond donors (Lipinski definition) is 2. The molecule has 1 heterocycles. The number of nitrogens with zero attached hydrogens (tertiary/aromatic N) is 1. The average molecular weight is 261 g/mol. The van der Waals surface area contributed by atoms with Gasteiger partial charge in [-0.25, -0.2) is 0 Å². The highest BCUT2D eigenvalue weighted by molar-refractivity contribution is 5.96. The zero-order valence-electron chi connectivity index (χ0n) is 11.3. The number of para-hydroxylation sites is 1. The third kappa shape index (κ3) is 3.32. The lowest BCUT2D eigenvalue weighted by molar-refractivity contribution is -0.135. The fourth-order valence-corrected chi connectivity index (χ4v) is 2.18. The number of rotatable bonds is 3. The molecule has 1 saturated heterocycles. The molecular weight excluding hydrogens is 242 g/mol. The molecule has 1 fully saturated rings. The molecular formula is C14H19N3O2. The molecule has 1 aromatic rings. The summed E-state index contributed by atoms with van der Waals surface area (Å²) >= 11 is 0. The first-order valence-electron chi connectivity index (χ1n) is 6.42. The first-order chi connectivity index (χ1) is 9.08. The van der Waals surface area contributed by atoms with Crippen LogP contribution in [0.15, 0.2) is 18.2 Å². The maximum Gasteiger partial charge on any atom is 0.244 e. The zero-order valence-corrected chi connectivity index (χ0v) is 11.3. The number of hydrogen-bond acceptors (Lipinski definition) is 3. The lowest BCUT2D eigenvalue weighted by atomic mass is 10.1. The highest BCUT2D eigenvalue weighted by Crippen LogP contribution is 2.19. The Balaban J connectivity index is 1.99. The van der Waals surface area contributed by atoms with Crippen LogP contribution in [0.5, 0.6) is 0 Å². The Hall–Kier alpha value is -1.88. The average Bonchev–Trinajstić information content (AvgIpc) is 2.37. The highest BCUT2D eigenvalue weighted by atomic mass is 16.2. The van der Waals surface area contributed by atoms with Gasteiger partial charge in [0.2, 0.25) is 11.8 Å². The van der Waals surface area contributed by atoms with E-state index in [-0.39, 0.29) is 18.4 Å². The summed E-state index contributed by atoms with van der Waals surface area (Å²) in [5.74, 6) is -0.171. The van der Waals surface area contributed by atoms with E-state index < -0.39 is 0 Å². The molecule has 0 radical (unpaired) electrons. The van der Waals surface area contributed by atoms with Gasteiger partial charge in [-0.2, -0.15) is 0 Å². The molecule has 0 spiro atoms. The predicted octanol–water partition coefficient (Wildman–Crippen LogP) is 0.674. The molecule has 0 unspecified atom stereocenters. The lowest BCUT2D eigenvalue weighted by Gasteiger charge is -2.26. The van der Waals surface area contributed by atoms with Crippen LogP contribution in [0.1, 0.15) is 11.1 Å². The Kier molecular flexibility index (Phi) is 4.16. The van der Waals surface area contributed by atoms with Crippen molar-refractivity contribution < 1.29 is 9.59 Å². The fraction of sp³-hybridized carbons (Fsp3) is 0.429. The van der Waals surface area contributed by atoms with Crippen LogP contribution < -0.4 is 10.6 Å². The third-order valence-corrected chi connectivity index (χ3v) is 3.27. The molecule has 1 aromatic carbocycles. The summed E-state index contributed by atoms with van der Waals surface area (Å²) < 4.78 is 0. The van der Waals surface area contributed by atoms with Crippen molar-refractivity contribution in [2.45, 2.75) is 13.8 Å².